The minimum absolute atomic E-state index is 0.00114. The van der Waals surface area contributed by atoms with Gasteiger partial charge in [-0.1, -0.05) is 17.8 Å². The van der Waals surface area contributed by atoms with Crippen LogP contribution < -0.4 is 10.1 Å². The van der Waals surface area contributed by atoms with E-state index in [4.69, 9.17) is 4.74 Å². The van der Waals surface area contributed by atoms with Crippen LogP contribution in [0.1, 0.15) is 17.0 Å². The molecular formula is C20H21N5O4S. The number of anilines is 1. The fraction of sp³-hybridized carbons (Fsp3) is 0.250. The van der Waals surface area contributed by atoms with Crippen LogP contribution >= 0.6 is 11.8 Å². The van der Waals surface area contributed by atoms with E-state index >= 15 is 0 Å². The van der Waals surface area contributed by atoms with Crippen LogP contribution in [-0.2, 0) is 18.4 Å². The number of thioether (sulfide) groups is 1. The summed E-state index contributed by atoms with van der Waals surface area (Å²) in [5.74, 6) is 1.13. The van der Waals surface area contributed by atoms with Crippen molar-refractivity contribution >= 4 is 29.0 Å². The number of aromatic nitrogens is 3. The highest BCUT2D eigenvalue weighted by Crippen LogP contribution is 2.20. The zero-order valence-corrected chi connectivity index (χ0v) is 17.6. The first-order chi connectivity index (χ1) is 14.3. The summed E-state index contributed by atoms with van der Waals surface area (Å²) in [5.41, 5.74) is 3.05. The van der Waals surface area contributed by atoms with Crippen LogP contribution in [0, 0.1) is 24.0 Å². The van der Waals surface area contributed by atoms with Crippen LogP contribution in [0.2, 0.25) is 0 Å². The monoisotopic (exact) mass is 427 g/mol. The molecule has 0 unspecified atom stereocenters. The Morgan fingerprint density at radius 1 is 1.17 bits per heavy atom. The third kappa shape index (κ3) is 5.35. The van der Waals surface area contributed by atoms with Gasteiger partial charge >= 0.3 is 0 Å². The van der Waals surface area contributed by atoms with Gasteiger partial charge in [-0.3, -0.25) is 14.9 Å². The number of aryl methyl sites for hydroxylation is 2. The normalized spacial score (nSPS) is 10.6. The molecule has 1 amide bonds. The van der Waals surface area contributed by atoms with Crippen LogP contribution in [0.3, 0.4) is 0 Å². The summed E-state index contributed by atoms with van der Waals surface area (Å²) in [7, 11) is 1.79. The predicted octanol–water partition coefficient (Wildman–Crippen LogP) is 3.65. The fourth-order valence-corrected chi connectivity index (χ4v) is 3.28. The molecule has 1 heterocycles. The number of nitrogens with zero attached hydrogens (tertiary/aromatic N) is 4. The lowest BCUT2D eigenvalue weighted by Gasteiger charge is -2.08. The van der Waals surface area contributed by atoms with Crippen molar-refractivity contribution in [2.45, 2.75) is 25.6 Å². The quantitative estimate of drug-likeness (QED) is 0.332. The lowest BCUT2D eigenvalue weighted by molar-refractivity contribution is -0.384. The molecule has 0 aliphatic heterocycles. The summed E-state index contributed by atoms with van der Waals surface area (Å²) in [4.78, 5) is 22.4. The lowest BCUT2D eigenvalue weighted by atomic mass is 10.1. The highest BCUT2D eigenvalue weighted by molar-refractivity contribution is 7.99. The van der Waals surface area contributed by atoms with Crippen LogP contribution in [0.15, 0.2) is 47.6 Å². The van der Waals surface area contributed by atoms with Crippen LogP contribution in [0.25, 0.3) is 0 Å². The molecule has 0 radical (unpaired) electrons. The third-order valence-corrected chi connectivity index (χ3v) is 5.48. The minimum atomic E-state index is -0.466. The van der Waals surface area contributed by atoms with Crippen LogP contribution in [0.4, 0.5) is 11.4 Å². The number of amides is 1. The van der Waals surface area contributed by atoms with E-state index in [1.807, 2.05) is 32.0 Å². The topological polar surface area (TPSA) is 112 Å². The number of carbonyl (C=O) groups excluding carboxylic acids is 1. The molecule has 0 bridgehead atoms. The van der Waals surface area contributed by atoms with Gasteiger partial charge in [0.05, 0.1) is 10.7 Å². The standard InChI is InChI=1S/C20H21N5O4S/c1-13-4-5-15(10-14(13)2)21-19(26)12-30-20-23-22-18(24(20)3)11-29-17-8-6-16(7-9-17)25(27)28/h4-10H,11-12H2,1-3H3,(H,21,26). The maximum Gasteiger partial charge on any atom is 0.269 e. The van der Waals surface area contributed by atoms with Crippen molar-refractivity contribution in [1.82, 2.24) is 14.8 Å². The summed E-state index contributed by atoms with van der Waals surface area (Å²) in [5, 5.41) is 22.3. The molecule has 0 saturated heterocycles. The maximum absolute atomic E-state index is 12.2. The van der Waals surface area contributed by atoms with Crippen molar-refractivity contribution in [3.8, 4) is 5.75 Å². The fourth-order valence-electron chi connectivity index (χ4n) is 2.55. The van der Waals surface area contributed by atoms with E-state index < -0.39 is 4.92 Å². The molecule has 9 nitrogen and oxygen atoms in total. The Bertz CT molecular complexity index is 1070. The van der Waals surface area contributed by atoms with Crippen LogP contribution in [-0.4, -0.2) is 31.3 Å². The van der Waals surface area contributed by atoms with Gasteiger partial charge in [0, 0.05) is 24.9 Å². The van der Waals surface area contributed by atoms with Gasteiger partial charge in [-0.05, 0) is 49.2 Å². The Morgan fingerprint density at radius 2 is 1.90 bits per heavy atom. The molecule has 2 aromatic carbocycles. The molecule has 3 rings (SSSR count). The van der Waals surface area contributed by atoms with Crippen molar-refractivity contribution in [1.29, 1.82) is 0 Å². The molecule has 0 aliphatic carbocycles. The van der Waals surface area contributed by atoms with Crippen LogP contribution in [0.5, 0.6) is 5.75 Å². The highest BCUT2D eigenvalue weighted by atomic mass is 32.2. The molecule has 10 heteroatoms. The van der Waals surface area contributed by atoms with E-state index in [1.165, 1.54) is 41.6 Å². The average molecular weight is 427 g/mol. The van der Waals surface area contributed by atoms with Crippen molar-refractivity contribution in [2.24, 2.45) is 7.05 Å². The molecule has 30 heavy (non-hydrogen) atoms. The number of benzene rings is 2. The van der Waals surface area contributed by atoms with E-state index in [1.54, 1.807) is 11.6 Å². The number of nitro groups is 1. The van der Waals surface area contributed by atoms with Crippen molar-refractivity contribution in [3.05, 3.63) is 69.5 Å². The number of nitrogens with one attached hydrogen (secondary N) is 1. The van der Waals surface area contributed by atoms with E-state index in [0.717, 1.165) is 11.3 Å². The molecule has 3 aromatic rings. The average Bonchev–Trinajstić information content (AvgIpc) is 3.07. The SMILES string of the molecule is Cc1ccc(NC(=O)CSc2nnc(COc3ccc([N+](=O)[O-])cc3)n2C)cc1C. The predicted molar refractivity (Wildman–Crippen MR) is 114 cm³/mol. The second-order valence-corrected chi connectivity index (χ2v) is 7.58. The first-order valence-corrected chi connectivity index (χ1v) is 10.1. The summed E-state index contributed by atoms with van der Waals surface area (Å²) in [6.45, 7) is 4.17. The van der Waals surface area contributed by atoms with Gasteiger partial charge in [0.2, 0.25) is 5.91 Å². The van der Waals surface area contributed by atoms with Gasteiger partial charge in [0.25, 0.3) is 5.69 Å². The number of carbonyl (C=O) groups is 1. The largest absolute Gasteiger partial charge is 0.486 e. The number of hydrogen-bond donors (Lipinski definition) is 1. The molecular weight excluding hydrogens is 406 g/mol. The Balaban J connectivity index is 1.52. The molecule has 0 saturated carbocycles. The van der Waals surface area contributed by atoms with Gasteiger partial charge in [0.15, 0.2) is 11.0 Å². The molecule has 1 N–H and O–H groups in total. The maximum atomic E-state index is 12.2. The Morgan fingerprint density at radius 3 is 2.57 bits per heavy atom. The first kappa shape index (κ1) is 21.3. The summed E-state index contributed by atoms with van der Waals surface area (Å²) in [6, 6.07) is 11.6. The second-order valence-electron chi connectivity index (χ2n) is 6.63. The molecule has 0 fully saturated rings. The molecule has 1 aromatic heterocycles. The van der Waals surface area contributed by atoms with Gasteiger partial charge in [-0.2, -0.15) is 0 Å². The molecule has 0 spiro atoms. The van der Waals surface area contributed by atoms with Crippen molar-refractivity contribution < 1.29 is 14.5 Å². The number of ether oxygens (including phenoxy) is 1. The molecule has 156 valence electrons. The number of nitro benzene ring substituents is 1. The van der Waals surface area contributed by atoms with Crippen molar-refractivity contribution in [3.63, 3.8) is 0 Å². The molecule has 0 aliphatic rings. The zero-order valence-electron chi connectivity index (χ0n) is 16.8. The van der Waals surface area contributed by atoms with Gasteiger partial charge in [0.1, 0.15) is 12.4 Å². The minimum Gasteiger partial charge on any atom is -0.486 e. The zero-order chi connectivity index (χ0) is 21.7. The number of hydrogen-bond acceptors (Lipinski definition) is 7. The van der Waals surface area contributed by atoms with Gasteiger partial charge in [-0.15, -0.1) is 10.2 Å². The number of non-ortho nitro benzene ring substituents is 1. The second kappa shape index (κ2) is 9.40. The Kier molecular flexibility index (Phi) is 6.68. The summed E-state index contributed by atoms with van der Waals surface area (Å²) in [6.07, 6.45) is 0. The Labute approximate surface area is 177 Å². The molecule has 0 atom stereocenters. The van der Waals surface area contributed by atoms with Gasteiger partial charge in [-0.25, -0.2) is 0 Å². The van der Waals surface area contributed by atoms with Crippen molar-refractivity contribution in [2.75, 3.05) is 11.1 Å². The van der Waals surface area contributed by atoms with Gasteiger partial charge < -0.3 is 14.6 Å². The summed E-state index contributed by atoms with van der Waals surface area (Å²) >= 11 is 1.28. The first-order valence-electron chi connectivity index (χ1n) is 9.09. The van der Waals surface area contributed by atoms with E-state index in [9.17, 15) is 14.9 Å². The highest BCUT2D eigenvalue weighted by Gasteiger charge is 2.13. The summed E-state index contributed by atoms with van der Waals surface area (Å²) < 4.78 is 7.36. The Hall–Kier alpha value is -3.40. The van der Waals surface area contributed by atoms with E-state index in [-0.39, 0.29) is 24.0 Å². The smallest absolute Gasteiger partial charge is 0.269 e. The lowest BCUT2D eigenvalue weighted by Crippen LogP contribution is -2.14. The third-order valence-electron chi connectivity index (χ3n) is 4.46. The van der Waals surface area contributed by atoms with E-state index in [2.05, 4.69) is 15.5 Å². The number of rotatable bonds is 8. The van der Waals surface area contributed by atoms with E-state index in [0.29, 0.717) is 16.7 Å².